The van der Waals surface area contributed by atoms with Crippen LogP contribution >= 0.6 is 0 Å². The van der Waals surface area contributed by atoms with Crippen molar-refractivity contribution in [3.8, 4) is 22.5 Å². The third kappa shape index (κ3) is 7.56. The molecule has 2 spiro atoms. The van der Waals surface area contributed by atoms with Gasteiger partial charge in [0.05, 0.1) is 155 Å². The number of hydrogen-bond donors (Lipinski definition) is 0. The van der Waals surface area contributed by atoms with Gasteiger partial charge in [0.1, 0.15) is 27.3 Å². The molecule has 2 atom stereocenters. The summed E-state index contributed by atoms with van der Waals surface area (Å²) in [5.41, 5.74) is 43.8. The van der Waals surface area contributed by atoms with E-state index in [4.69, 9.17) is 19.9 Å². The lowest BCUT2D eigenvalue weighted by molar-refractivity contribution is -0.661. The Bertz CT molecular complexity index is 8130. The highest BCUT2D eigenvalue weighted by molar-refractivity contribution is 6.21. The molecule has 7 aliphatic carbocycles. The Balaban J connectivity index is 0.0000000828. The van der Waals surface area contributed by atoms with Gasteiger partial charge < -0.3 is 14.4 Å². The van der Waals surface area contributed by atoms with Gasteiger partial charge in [0, 0.05) is 36.9 Å². The van der Waals surface area contributed by atoms with Crippen LogP contribution in [0.3, 0.4) is 0 Å². The van der Waals surface area contributed by atoms with Crippen LogP contribution in [-0.4, -0.2) is 73.8 Å². The van der Waals surface area contributed by atoms with Crippen molar-refractivity contribution < 1.29 is 13.7 Å². The third-order valence-corrected chi connectivity index (χ3v) is 30.0. The van der Waals surface area contributed by atoms with Crippen molar-refractivity contribution in [1.29, 1.82) is 0 Å². The van der Waals surface area contributed by atoms with E-state index in [-0.39, 0.29) is 11.1 Å². The average Bonchev–Trinajstić information content (AvgIpc) is 1.44. The van der Waals surface area contributed by atoms with Gasteiger partial charge in [-0.1, -0.05) is 84.9 Å². The van der Waals surface area contributed by atoms with Crippen molar-refractivity contribution in [2.75, 3.05) is 11.9 Å². The molecule has 4 bridgehead atoms. The number of aromatic nitrogens is 15. The molecule has 564 valence electrons. The number of fused-ring (bicyclic) bond motifs is 30. The molecule has 116 heavy (non-hydrogen) atoms. The van der Waals surface area contributed by atoms with Gasteiger partial charge in [-0.25, -0.2) is 33.6 Å². The molecule has 11 aliphatic rings. The fourth-order valence-electron chi connectivity index (χ4n) is 25.1. The zero-order valence-corrected chi connectivity index (χ0v) is 66.7. The summed E-state index contributed by atoms with van der Waals surface area (Å²) in [5, 5.41) is 3.86. The maximum Gasteiger partial charge on any atom is 0.224 e. The molecular weight excluding hydrogens is 1430 g/mol. The number of benzene rings is 9. The molecule has 0 saturated heterocycles. The van der Waals surface area contributed by atoms with E-state index in [9.17, 15) is 0 Å². The summed E-state index contributed by atoms with van der Waals surface area (Å²) in [6, 6.07) is 66.2. The number of nitrogens with zero attached hydrogens (tertiary/aromatic N) is 17. The van der Waals surface area contributed by atoms with Gasteiger partial charge in [-0.15, -0.1) is 0 Å². The minimum Gasteiger partial charge on any atom is -0.356 e. The van der Waals surface area contributed by atoms with Crippen molar-refractivity contribution in [1.82, 2.24) is 60.5 Å². The Morgan fingerprint density at radius 1 is 0.414 bits per heavy atom. The predicted octanol–water partition coefficient (Wildman–Crippen LogP) is 19.2. The Labute approximate surface area is 667 Å². The van der Waals surface area contributed by atoms with Crippen molar-refractivity contribution >= 4 is 144 Å². The molecule has 2 fully saturated rings. The van der Waals surface area contributed by atoms with E-state index in [1.165, 1.54) is 220 Å². The lowest BCUT2D eigenvalue weighted by Gasteiger charge is -2.52. The minimum absolute atomic E-state index is 0.0314. The maximum atomic E-state index is 5.21. The normalized spacial score (nSPS) is 20.9. The molecule has 17 heteroatoms. The maximum absolute atomic E-state index is 5.21. The van der Waals surface area contributed by atoms with Gasteiger partial charge in [0.25, 0.3) is 0 Å². The molecule has 0 amide bonds. The quantitative estimate of drug-likeness (QED) is 0.0850. The number of pyridine rings is 4. The molecule has 16 heterocycles. The Morgan fingerprint density at radius 2 is 0.922 bits per heavy atom. The Kier molecular flexibility index (Phi) is 12.2. The van der Waals surface area contributed by atoms with E-state index in [2.05, 4.69) is 323 Å². The fourth-order valence-corrected chi connectivity index (χ4v) is 25.1. The second kappa shape index (κ2) is 21.9. The molecule has 0 N–H and O–H groups in total. The minimum atomic E-state index is 0.0314. The van der Waals surface area contributed by atoms with Crippen LogP contribution in [0, 0.1) is 33.6 Å². The van der Waals surface area contributed by atoms with Crippen LogP contribution in [0.15, 0.2) is 212 Å². The number of hydrogen-bond acceptors (Lipinski definition) is 6. The van der Waals surface area contributed by atoms with Crippen molar-refractivity contribution in [3.05, 3.63) is 256 Å². The van der Waals surface area contributed by atoms with E-state index in [0.717, 1.165) is 50.7 Å². The van der Waals surface area contributed by atoms with E-state index in [1.54, 1.807) is 22.5 Å². The van der Waals surface area contributed by atoms with Crippen LogP contribution in [0.4, 0.5) is 5.69 Å². The highest BCUT2D eigenvalue weighted by Gasteiger charge is 2.60. The molecule has 1 unspecified atom stereocenters. The first-order valence-corrected chi connectivity index (χ1v) is 42.2. The number of aryl methyl sites for hydroxylation is 8. The van der Waals surface area contributed by atoms with E-state index < -0.39 is 0 Å². The monoisotopic (exact) mass is 1510 g/mol. The predicted molar refractivity (Wildman–Crippen MR) is 461 cm³/mol. The van der Waals surface area contributed by atoms with E-state index in [1.807, 2.05) is 0 Å². The Hall–Kier alpha value is -12.9. The van der Waals surface area contributed by atoms with Crippen molar-refractivity contribution in [3.63, 3.8) is 0 Å². The summed E-state index contributed by atoms with van der Waals surface area (Å²) in [6.45, 7) is 11.4. The molecule has 21 aromatic rings. The summed E-state index contributed by atoms with van der Waals surface area (Å²) in [7, 11) is 8.87. The molecule has 17 nitrogen and oxygen atoms in total. The lowest BCUT2D eigenvalue weighted by atomic mass is 9.60. The summed E-state index contributed by atoms with van der Waals surface area (Å²) in [4.78, 5) is 25.8. The number of allylic oxidation sites excluding steroid dienone is 2. The number of anilines is 1. The van der Waals surface area contributed by atoms with Crippen molar-refractivity contribution in [2.45, 2.75) is 134 Å². The van der Waals surface area contributed by atoms with Crippen LogP contribution in [0.25, 0.3) is 161 Å². The summed E-state index contributed by atoms with van der Waals surface area (Å²) in [6.07, 6.45) is 20.7. The molecule has 9 aromatic carbocycles. The standard InChI is InChI=1S/C26H23N4.C25H25N5.C24H21N4.C24H17N4/c1-15-7-8-20-23-21(15)24-22-17(11-14-28(24)2)16-9-12-26(22,13-10-16)30(23)25-27-18-5-3-4-6-19(18)29(20)25;1-14-8-9-19-22-20(14)28-15(2)27(3)21-16-10-12-25(13-11-16,23(21)28)30(22)24-26-17-6-4-5-7-18(17)29(19)24;2*1-14-10-11-19-22-20(14)23-21-15(12-13-26(23)2)6-5-9-18(21)28(22)24-25-16-7-3-4-8-17(16)27(19)24/h3-8,11,14,16H,9-10,12-13H2,1-2H3;4-9,15-16H,10-13H2,1-3H3;3-4,7-8,10-13,18H,5-6,9H2,1-2H3;3-13H,1-2H3/q+1;;2*+1/t;15-,16?,25?;;/m.0../s1. The van der Waals surface area contributed by atoms with E-state index >= 15 is 0 Å². The second-order valence-electron chi connectivity index (χ2n) is 35.5. The number of imidazole rings is 8. The molecule has 4 aliphatic heterocycles. The summed E-state index contributed by atoms with van der Waals surface area (Å²) >= 11 is 0. The third-order valence-electron chi connectivity index (χ3n) is 30.0. The zero-order chi connectivity index (χ0) is 76.9. The first-order valence-electron chi connectivity index (χ1n) is 42.2. The fraction of sp³-hybridized carbons (Fsp3) is 0.263. The van der Waals surface area contributed by atoms with Gasteiger partial charge in [-0.2, -0.15) is 0 Å². The van der Waals surface area contributed by atoms with Crippen LogP contribution in [-0.2, 0) is 38.6 Å². The smallest absolute Gasteiger partial charge is 0.224 e. The molecule has 12 aromatic heterocycles. The summed E-state index contributed by atoms with van der Waals surface area (Å²) < 4.78 is 26.7. The number of para-hydroxylation sites is 8. The average molecular weight is 1510 g/mol. The van der Waals surface area contributed by atoms with Crippen LogP contribution in [0.1, 0.15) is 128 Å². The molecule has 0 radical (unpaired) electrons. The first-order chi connectivity index (χ1) is 56.8. The topological polar surface area (TPSA) is 107 Å². The Morgan fingerprint density at radius 3 is 1.59 bits per heavy atom. The highest BCUT2D eigenvalue weighted by atomic mass is 15.5. The first kappa shape index (κ1) is 64.5. The number of rotatable bonds is 0. The van der Waals surface area contributed by atoms with E-state index in [0.29, 0.717) is 24.0 Å². The van der Waals surface area contributed by atoms with Crippen LogP contribution in [0.2, 0.25) is 0 Å². The highest BCUT2D eigenvalue weighted by Crippen LogP contribution is 2.64. The van der Waals surface area contributed by atoms with Gasteiger partial charge in [-0.3, -0.25) is 31.1 Å². The van der Waals surface area contributed by atoms with Gasteiger partial charge in [0.15, 0.2) is 18.6 Å². The molecule has 32 rings (SSSR count). The van der Waals surface area contributed by atoms with Gasteiger partial charge in [-0.05, 0) is 229 Å². The van der Waals surface area contributed by atoms with Crippen molar-refractivity contribution in [2.24, 2.45) is 27.1 Å². The molecule has 2 saturated carbocycles. The van der Waals surface area contributed by atoms with Gasteiger partial charge in [0.2, 0.25) is 40.0 Å². The summed E-state index contributed by atoms with van der Waals surface area (Å²) in [5.74, 6) is 5.72. The van der Waals surface area contributed by atoms with Gasteiger partial charge >= 0.3 is 0 Å². The zero-order valence-electron chi connectivity index (χ0n) is 66.7. The largest absolute Gasteiger partial charge is 0.356 e. The molecular formula is C99H86N17+3. The van der Waals surface area contributed by atoms with Crippen LogP contribution in [0.5, 0.6) is 0 Å². The lowest BCUT2D eigenvalue weighted by Crippen LogP contribution is -2.51. The SMILES string of the molecule is Cc1ccc2c3c1-c1c4c(cc[n+]1C)C1CCC4(CC1)n3c1nc3ccccc3n21.Cc1ccc2c3c1-c1c4c(cc[n+]1C)CCCC4n3c1nc3ccccc3n21.Cc1ccc2c3c1N1C4=C(C5CCC4(CC5)n3c3nc4ccccc4n23)N(C)[C@@H]1C.Cc1ccc2c3c1c1c4c(cccc4n3c3nc4ccccc4n23)cc[n+]1C. The second-order valence-corrected chi connectivity index (χ2v) is 35.5. The van der Waals surface area contributed by atoms with Crippen LogP contribution < -0.4 is 18.6 Å².